The number of hydrogen-bond donors (Lipinski definition) is 2. The first-order valence-electron chi connectivity index (χ1n) is 17.2. The van der Waals surface area contributed by atoms with Gasteiger partial charge in [-0.2, -0.15) is 0 Å². The average molecular weight is 698 g/mol. The maximum Gasteiger partial charge on any atom is 0.306 e. The van der Waals surface area contributed by atoms with E-state index in [2.05, 4.69) is 10.6 Å². The van der Waals surface area contributed by atoms with Gasteiger partial charge in [-0.05, 0) is 43.1 Å². The quantitative estimate of drug-likeness (QED) is 0.131. The molecule has 6 amide bonds. The number of nitrogens with zero attached hydrogens (tertiary/aromatic N) is 3. The van der Waals surface area contributed by atoms with Crippen LogP contribution < -0.4 is 10.6 Å². The molecule has 2 N–H and O–H groups in total. The standard InChI is InChI=1S/C36H51N5O9/c1-23(2)32(39(5)30(44)21-37-22-42)35(47)40-18-12-15-26(40)34(46)38-17-11-10-16-31(45)50-33(24(3)4)36(48)41-27(28(49-6)20-29(41)43)19-25-13-8-7-9-14-25/h7-9,13-14,20,22-24,26-27,32-33H,10-12,15-19,21H2,1-6H3,(H,37,42)(H,38,46). The van der Waals surface area contributed by atoms with Crippen molar-refractivity contribution in [3.63, 3.8) is 0 Å². The summed E-state index contributed by atoms with van der Waals surface area (Å²) in [6.45, 7) is 7.53. The Morgan fingerprint density at radius 3 is 2.34 bits per heavy atom. The number of unbranched alkanes of at least 4 members (excludes halogenated alkanes) is 1. The van der Waals surface area contributed by atoms with Gasteiger partial charge in [-0.15, -0.1) is 0 Å². The maximum absolute atomic E-state index is 13.7. The molecule has 0 radical (unpaired) electrons. The van der Waals surface area contributed by atoms with Gasteiger partial charge in [-0.25, -0.2) is 0 Å². The summed E-state index contributed by atoms with van der Waals surface area (Å²) < 4.78 is 11.0. The number of hydrogen-bond acceptors (Lipinski definition) is 9. The summed E-state index contributed by atoms with van der Waals surface area (Å²) in [5.74, 6) is -3.06. The summed E-state index contributed by atoms with van der Waals surface area (Å²) >= 11 is 0. The van der Waals surface area contributed by atoms with Crippen molar-refractivity contribution < 1.29 is 43.0 Å². The predicted molar refractivity (Wildman–Crippen MR) is 183 cm³/mol. The molecule has 0 aliphatic carbocycles. The number of likely N-dealkylation sites (tertiary alicyclic amines) is 1. The molecule has 4 unspecified atom stereocenters. The fourth-order valence-electron chi connectivity index (χ4n) is 6.37. The van der Waals surface area contributed by atoms with Gasteiger partial charge in [0.1, 0.15) is 23.9 Å². The van der Waals surface area contributed by atoms with E-state index >= 15 is 0 Å². The molecule has 3 rings (SSSR count). The number of esters is 1. The topological polar surface area (TPSA) is 172 Å². The zero-order valence-electron chi connectivity index (χ0n) is 29.9. The first kappa shape index (κ1) is 39.7. The van der Waals surface area contributed by atoms with E-state index in [1.165, 1.54) is 30.0 Å². The molecule has 2 aliphatic rings. The molecule has 1 aromatic carbocycles. The van der Waals surface area contributed by atoms with Crippen LogP contribution in [0.5, 0.6) is 0 Å². The van der Waals surface area contributed by atoms with Gasteiger partial charge < -0.3 is 29.9 Å². The Bertz CT molecular complexity index is 1410. The Morgan fingerprint density at radius 2 is 1.72 bits per heavy atom. The number of rotatable bonds is 18. The zero-order valence-corrected chi connectivity index (χ0v) is 29.9. The van der Waals surface area contributed by atoms with E-state index < -0.39 is 53.8 Å². The van der Waals surface area contributed by atoms with Crippen LogP contribution in [0.4, 0.5) is 0 Å². The molecule has 0 saturated carbocycles. The number of likely N-dealkylation sites (N-methyl/N-ethyl adjacent to an activating group) is 1. The number of carbonyl (C=O) groups is 7. The molecule has 14 nitrogen and oxygen atoms in total. The van der Waals surface area contributed by atoms with Crippen molar-refractivity contribution in [1.29, 1.82) is 0 Å². The van der Waals surface area contributed by atoms with Crippen LogP contribution in [0.3, 0.4) is 0 Å². The normalized spacial score (nSPS) is 18.4. The molecule has 0 bridgehead atoms. The number of nitrogens with one attached hydrogen (secondary N) is 2. The lowest BCUT2D eigenvalue weighted by molar-refractivity contribution is -0.166. The fraction of sp³-hybridized carbons (Fsp3) is 0.583. The van der Waals surface area contributed by atoms with Crippen molar-refractivity contribution >= 4 is 41.9 Å². The van der Waals surface area contributed by atoms with E-state index in [0.29, 0.717) is 50.8 Å². The molecule has 1 aromatic rings. The van der Waals surface area contributed by atoms with E-state index in [4.69, 9.17) is 9.47 Å². The third-order valence-corrected chi connectivity index (χ3v) is 8.97. The average Bonchev–Trinajstić information content (AvgIpc) is 3.70. The second-order valence-corrected chi connectivity index (χ2v) is 13.3. The minimum absolute atomic E-state index is 0.00123. The predicted octanol–water partition coefficient (Wildman–Crippen LogP) is 1.57. The van der Waals surface area contributed by atoms with E-state index in [-0.39, 0.29) is 37.2 Å². The van der Waals surface area contributed by atoms with Gasteiger partial charge in [0, 0.05) is 39.1 Å². The van der Waals surface area contributed by atoms with Gasteiger partial charge in [0.25, 0.3) is 11.8 Å². The van der Waals surface area contributed by atoms with Gasteiger partial charge in [-0.1, -0.05) is 58.0 Å². The van der Waals surface area contributed by atoms with Crippen LogP contribution >= 0.6 is 0 Å². The number of amides is 6. The Morgan fingerprint density at radius 1 is 1.02 bits per heavy atom. The van der Waals surface area contributed by atoms with E-state index in [1.54, 1.807) is 13.8 Å². The lowest BCUT2D eigenvalue weighted by atomic mass is 10.0. The number of benzene rings is 1. The number of imide groups is 1. The van der Waals surface area contributed by atoms with Crippen molar-refractivity contribution in [1.82, 2.24) is 25.3 Å². The molecule has 0 aromatic heterocycles. The number of methoxy groups -OCH3 is 1. The first-order valence-corrected chi connectivity index (χ1v) is 17.2. The Hall–Kier alpha value is -4.75. The Balaban J connectivity index is 1.51. The Kier molecular flexibility index (Phi) is 15.0. The SMILES string of the molecule is COC1=CC(=O)N(C(=O)C(OC(=O)CCCCNC(=O)C2CCCN2C(=O)C(C(C)C)N(C)C(=O)CNC=O)C(C)C)C1Cc1ccccc1. The van der Waals surface area contributed by atoms with Crippen LogP contribution in [0.1, 0.15) is 65.4 Å². The lowest BCUT2D eigenvalue weighted by Gasteiger charge is -2.35. The van der Waals surface area contributed by atoms with Crippen molar-refractivity contribution in [2.75, 3.05) is 33.8 Å². The highest BCUT2D eigenvalue weighted by molar-refractivity contribution is 6.06. The van der Waals surface area contributed by atoms with E-state index in [9.17, 15) is 33.6 Å². The first-order chi connectivity index (χ1) is 23.8. The fourth-order valence-corrected chi connectivity index (χ4v) is 6.37. The third-order valence-electron chi connectivity index (χ3n) is 8.97. The van der Waals surface area contributed by atoms with Crippen LogP contribution in [0.2, 0.25) is 0 Å². The summed E-state index contributed by atoms with van der Waals surface area (Å²) in [5, 5.41) is 5.17. The lowest BCUT2D eigenvalue weighted by Crippen LogP contribution is -2.56. The molecule has 1 fully saturated rings. The molecule has 2 heterocycles. The van der Waals surface area contributed by atoms with Crippen molar-refractivity contribution in [3.05, 3.63) is 47.7 Å². The maximum atomic E-state index is 13.7. The van der Waals surface area contributed by atoms with Crippen molar-refractivity contribution in [2.45, 2.75) is 90.4 Å². The molecule has 14 heteroatoms. The molecule has 0 spiro atoms. The van der Waals surface area contributed by atoms with Crippen LogP contribution in [0.25, 0.3) is 0 Å². The van der Waals surface area contributed by atoms with Crippen molar-refractivity contribution in [3.8, 4) is 0 Å². The number of carbonyl (C=O) groups excluding carboxylic acids is 7. The van der Waals surface area contributed by atoms with Crippen LogP contribution in [0, 0.1) is 11.8 Å². The van der Waals surface area contributed by atoms with Gasteiger partial charge in [-0.3, -0.25) is 38.5 Å². The molecular weight excluding hydrogens is 646 g/mol. The van der Waals surface area contributed by atoms with Crippen molar-refractivity contribution in [2.24, 2.45) is 11.8 Å². The second-order valence-electron chi connectivity index (χ2n) is 13.3. The van der Waals surface area contributed by atoms with Gasteiger partial charge in [0.2, 0.25) is 24.1 Å². The Labute approximate surface area is 293 Å². The number of ether oxygens (including phenoxy) is 2. The molecule has 2 aliphatic heterocycles. The van der Waals surface area contributed by atoms with Crippen LogP contribution in [-0.2, 0) is 49.5 Å². The highest BCUT2D eigenvalue weighted by Crippen LogP contribution is 2.27. The highest BCUT2D eigenvalue weighted by atomic mass is 16.5. The smallest absolute Gasteiger partial charge is 0.306 e. The van der Waals surface area contributed by atoms with E-state index in [0.717, 1.165) is 10.5 Å². The monoisotopic (exact) mass is 697 g/mol. The minimum Gasteiger partial charge on any atom is -0.499 e. The van der Waals surface area contributed by atoms with Gasteiger partial charge >= 0.3 is 5.97 Å². The van der Waals surface area contributed by atoms with Crippen LogP contribution in [0.15, 0.2) is 42.2 Å². The summed E-state index contributed by atoms with van der Waals surface area (Å²) in [4.78, 5) is 93.2. The van der Waals surface area contributed by atoms with Crippen LogP contribution in [-0.4, -0.2) is 115 Å². The second kappa shape index (κ2) is 18.9. The molecule has 274 valence electrons. The molecule has 50 heavy (non-hydrogen) atoms. The highest BCUT2D eigenvalue weighted by Gasteiger charge is 2.43. The van der Waals surface area contributed by atoms with Gasteiger partial charge in [0.05, 0.1) is 13.7 Å². The largest absolute Gasteiger partial charge is 0.499 e. The summed E-state index contributed by atoms with van der Waals surface area (Å²) in [5.41, 5.74) is 0.911. The van der Waals surface area contributed by atoms with Gasteiger partial charge in [0.15, 0.2) is 6.10 Å². The van der Waals surface area contributed by atoms with E-state index in [1.807, 2.05) is 44.2 Å². The molecule has 4 atom stereocenters. The summed E-state index contributed by atoms with van der Waals surface area (Å²) in [7, 11) is 2.95. The zero-order chi connectivity index (χ0) is 37.0. The molecule has 1 saturated heterocycles. The summed E-state index contributed by atoms with van der Waals surface area (Å²) in [6, 6.07) is 7.26. The minimum atomic E-state index is -1.18. The molecular formula is C36H51N5O9. The summed E-state index contributed by atoms with van der Waals surface area (Å²) in [6.07, 6.45) is 2.82. The third kappa shape index (κ3) is 10.1.